The van der Waals surface area contributed by atoms with E-state index in [1.807, 2.05) is 4.57 Å². The molecule has 0 spiro atoms. The Bertz CT molecular complexity index is 1160. The molecule has 0 unspecified atom stereocenters. The number of benzene rings is 2. The molecule has 2 aromatic carbocycles. The number of carbonyl (C=O) groups is 2. The van der Waals surface area contributed by atoms with Crippen LogP contribution in [0.2, 0.25) is 0 Å². The molecular weight excluding hydrogens is 392 g/mol. The molecule has 8 heteroatoms. The van der Waals surface area contributed by atoms with Gasteiger partial charge in [-0.25, -0.2) is 4.79 Å². The number of amides is 1. The van der Waals surface area contributed by atoms with Gasteiger partial charge in [0.2, 0.25) is 0 Å². The maximum atomic E-state index is 12.9. The molecule has 1 amide bonds. The molecule has 3 aromatic rings. The zero-order valence-corrected chi connectivity index (χ0v) is 17.1. The Morgan fingerprint density at radius 3 is 2.59 bits per heavy atom. The fraction of sp³-hybridized carbons (Fsp3) is 0.190. The normalized spacial score (nSPS) is 11.3. The molecule has 7 nitrogen and oxygen atoms in total. The van der Waals surface area contributed by atoms with Crippen LogP contribution >= 0.6 is 11.3 Å². The van der Waals surface area contributed by atoms with Crippen molar-refractivity contribution in [2.75, 3.05) is 21.3 Å². The van der Waals surface area contributed by atoms with Crippen LogP contribution in [0.4, 0.5) is 0 Å². The van der Waals surface area contributed by atoms with Crippen molar-refractivity contribution in [3.05, 3.63) is 65.0 Å². The molecule has 0 atom stereocenters. The van der Waals surface area contributed by atoms with E-state index in [1.54, 1.807) is 42.5 Å². The Hall–Kier alpha value is -3.39. The molecule has 0 aliphatic heterocycles. The molecule has 150 valence electrons. The maximum absolute atomic E-state index is 12.9. The number of nitrogens with zero attached hydrogens (tertiary/aromatic N) is 2. The summed E-state index contributed by atoms with van der Waals surface area (Å²) < 4.78 is 17.9. The predicted octanol–water partition coefficient (Wildman–Crippen LogP) is 3.43. The van der Waals surface area contributed by atoms with E-state index in [9.17, 15) is 9.59 Å². The Morgan fingerprint density at radius 2 is 1.93 bits per heavy atom. The molecule has 0 aliphatic rings. The zero-order chi connectivity index (χ0) is 21.0. The highest BCUT2D eigenvalue weighted by Crippen LogP contribution is 2.25. The van der Waals surface area contributed by atoms with Crippen LogP contribution in [0.15, 0.2) is 54.0 Å². The minimum atomic E-state index is -0.460. The Kier molecular flexibility index (Phi) is 6.13. The van der Waals surface area contributed by atoms with E-state index in [2.05, 4.69) is 11.6 Å². The summed E-state index contributed by atoms with van der Waals surface area (Å²) in [5.74, 6) is 0.0517. The second-order valence-electron chi connectivity index (χ2n) is 5.94. The first-order chi connectivity index (χ1) is 14.0. The van der Waals surface area contributed by atoms with E-state index in [4.69, 9.17) is 14.2 Å². The standard InChI is InChI=1S/C21H20N2O5S/c1-5-10-23-16-8-6-13(20(25)28-4)11-18(16)29-21(23)22-19(24)15-12-14(26-2)7-9-17(15)27-3/h5-9,11-12H,1,10H2,2-4H3. The van der Waals surface area contributed by atoms with Crippen molar-refractivity contribution >= 4 is 33.4 Å². The van der Waals surface area contributed by atoms with Gasteiger partial charge in [0.05, 0.1) is 42.7 Å². The zero-order valence-electron chi connectivity index (χ0n) is 16.3. The van der Waals surface area contributed by atoms with E-state index in [-0.39, 0.29) is 0 Å². The SMILES string of the molecule is C=CCn1c(=NC(=O)c2cc(OC)ccc2OC)sc2cc(C(=O)OC)ccc21. The molecule has 0 fully saturated rings. The lowest BCUT2D eigenvalue weighted by atomic mass is 10.2. The van der Waals surface area contributed by atoms with Crippen LogP contribution in [0.1, 0.15) is 20.7 Å². The van der Waals surface area contributed by atoms with Gasteiger partial charge in [-0.3, -0.25) is 4.79 Å². The summed E-state index contributed by atoms with van der Waals surface area (Å²) in [5, 5.41) is 0. The minimum Gasteiger partial charge on any atom is -0.497 e. The quantitative estimate of drug-likeness (QED) is 0.458. The molecule has 0 bridgehead atoms. The highest BCUT2D eigenvalue weighted by molar-refractivity contribution is 7.16. The average molecular weight is 412 g/mol. The first-order valence-electron chi connectivity index (χ1n) is 8.66. The summed E-state index contributed by atoms with van der Waals surface area (Å²) in [6, 6.07) is 10.2. The number of fused-ring (bicyclic) bond motifs is 1. The summed E-state index contributed by atoms with van der Waals surface area (Å²) in [5.41, 5.74) is 1.57. The number of hydrogen-bond donors (Lipinski definition) is 0. The average Bonchev–Trinajstić information content (AvgIpc) is 3.08. The number of hydrogen-bond acceptors (Lipinski definition) is 6. The van der Waals surface area contributed by atoms with Crippen molar-refractivity contribution in [1.82, 2.24) is 4.57 Å². The third-order valence-corrected chi connectivity index (χ3v) is 5.29. The van der Waals surface area contributed by atoms with Gasteiger partial charge in [0, 0.05) is 6.54 Å². The molecule has 1 aromatic heterocycles. The van der Waals surface area contributed by atoms with Gasteiger partial charge in [0.15, 0.2) is 4.80 Å². The minimum absolute atomic E-state index is 0.296. The fourth-order valence-electron chi connectivity index (χ4n) is 2.84. The van der Waals surface area contributed by atoms with Crippen molar-refractivity contribution in [2.24, 2.45) is 4.99 Å². The molecule has 3 rings (SSSR count). The Balaban J connectivity index is 2.16. The fourth-order valence-corrected chi connectivity index (χ4v) is 3.91. The van der Waals surface area contributed by atoms with Gasteiger partial charge < -0.3 is 18.8 Å². The van der Waals surface area contributed by atoms with Crippen molar-refractivity contribution in [3.8, 4) is 11.5 Å². The van der Waals surface area contributed by atoms with E-state index in [0.29, 0.717) is 34.0 Å². The first kappa shape index (κ1) is 20.3. The van der Waals surface area contributed by atoms with Crippen molar-refractivity contribution in [1.29, 1.82) is 0 Å². The molecule has 0 saturated heterocycles. The lowest BCUT2D eigenvalue weighted by Gasteiger charge is -2.07. The third kappa shape index (κ3) is 4.07. The lowest BCUT2D eigenvalue weighted by molar-refractivity contribution is 0.0600. The van der Waals surface area contributed by atoms with Gasteiger partial charge in [-0.05, 0) is 36.4 Å². The maximum Gasteiger partial charge on any atom is 0.337 e. The number of carbonyl (C=O) groups excluding carboxylic acids is 2. The number of methoxy groups -OCH3 is 3. The van der Waals surface area contributed by atoms with Crippen LogP contribution < -0.4 is 14.3 Å². The van der Waals surface area contributed by atoms with E-state index < -0.39 is 11.9 Å². The number of rotatable bonds is 6. The molecule has 0 aliphatic carbocycles. The summed E-state index contributed by atoms with van der Waals surface area (Å²) in [7, 11) is 4.35. The molecule has 0 radical (unpaired) electrons. The second kappa shape index (κ2) is 8.74. The van der Waals surface area contributed by atoms with E-state index in [1.165, 1.54) is 32.7 Å². The molecule has 29 heavy (non-hydrogen) atoms. The third-order valence-electron chi connectivity index (χ3n) is 4.25. The molecule has 0 N–H and O–H groups in total. The molecular formula is C21H20N2O5S. The number of thiazole rings is 1. The molecule has 0 saturated carbocycles. The topological polar surface area (TPSA) is 79.1 Å². The highest BCUT2D eigenvalue weighted by Gasteiger charge is 2.15. The van der Waals surface area contributed by atoms with Gasteiger partial charge >= 0.3 is 5.97 Å². The Morgan fingerprint density at radius 1 is 1.14 bits per heavy atom. The van der Waals surface area contributed by atoms with Gasteiger partial charge in [-0.15, -0.1) is 6.58 Å². The van der Waals surface area contributed by atoms with Crippen molar-refractivity contribution in [2.45, 2.75) is 6.54 Å². The number of aromatic nitrogens is 1. The van der Waals surface area contributed by atoms with Crippen molar-refractivity contribution < 1.29 is 23.8 Å². The van der Waals surface area contributed by atoms with Crippen LogP contribution in [-0.2, 0) is 11.3 Å². The van der Waals surface area contributed by atoms with Crippen molar-refractivity contribution in [3.63, 3.8) is 0 Å². The molecule has 1 heterocycles. The monoisotopic (exact) mass is 412 g/mol. The van der Waals surface area contributed by atoms with Crippen LogP contribution in [0.25, 0.3) is 10.2 Å². The highest BCUT2D eigenvalue weighted by atomic mass is 32.1. The van der Waals surface area contributed by atoms with Crippen LogP contribution in [0.5, 0.6) is 11.5 Å². The number of esters is 1. The Labute approximate surface area is 171 Å². The summed E-state index contributed by atoms with van der Waals surface area (Å²) in [6.45, 7) is 4.23. The van der Waals surface area contributed by atoms with E-state index >= 15 is 0 Å². The lowest BCUT2D eigenvalue weighted by Crippen LogP contribution is -2.16. The van der Waals surface area contributed by atoms with Crippen LogP contribution in [-0.4, -0.2) is 37.8 Å². The van der Waals surface area contributed by atoms with Gasteiger partial charge in [-0.1, -0.05) is 17.4 Å². The largest absolute Gasteiger partial charge is 0.497 e. The number of ether oxygens (including phenoxy) is 3. The van der Waals surface area contributed by atoms with Crippen LogP contribution in [0.3, 0.4) is 0 Å². The van der Waals surface area contributed by atoms with E-state index in [0.717, 1.165) is 10.2 Å². The summed E-state index contributed by atoms with van der Waals surface area (Å²) >= 11 is 1.30. The number of allylic oxidation sites excluding steroid dienone is 1. The summed E-state index contributed by atoms with van der Waals surface area (Å²) in [6.07, 6.45) is 1.72. The predicted molar refractivity (Wildman–Crippen MR) is 111 cm³/mol. The van der Waals surface area contributed by atoms with Crippen LogP contribution in [0, 0.1) is 0 Å². The van der Waals surface area contributed by atoms with Gasteiger partial charge in [0.25, 0.3) is 5.91 Å². The van der Waals surface area contributed by atoms with Gasteiger partial charge in [-0.2, -0.15) is 4.99 Å². The first-order valence-corrected chi connectivity index (χ1v) is 9.47. The second-order valence-corrected chi connectivity index (χ2v) is 6.95. The summed E-state index contributed by atoms with van der Waals surface area (Å²) in [4.78, 5) is 29.5. The smallest absolute Gasteiger partial charge is 0.337 e. The van der Waals surface area contributed by atoms with Gasteiger partial charge in [0.1, 0.15) is 11.5 Å².